The first-order valence-corrected chi connectivity index (χ1v) is 22.8. The minimum Gasteiger partial charge on any atom is -0.311 e. The summed E-state index contributed by atoms with van der Waals surface area (Å²) in [6, 6.07) is 80.9. The molecular formula is C61H40N4O4. The fourth-order valence-corrected chi connectivity index (χ4v) is 10.6. The molecule has 0 bridgehead atoms. The van der Waals surface area contributed by atoms with Gasteiger partial charge in [0.15, 0.2) is 0 Å². The number of anilines is 6. The maximum Gasteiger partial charge on any atom is 0.269 e. The summed E-state index contributed by atoms with van der Waals surface area (Å²) in [6.45, 7) is 0. The first-order chi connectivity index (χ1) is 33.9. The number of nitro benzene ring substituents is 2. The molecule has 69 heavy (non-hydrogen) atoms. The molecule has 0 N–H and O–H groups in total. The predicted molar refractivity (Wildman–Crippen MR) is 276 cm³/mol. The maximum absolute atomic E-state index is 12.6. The topological polar surface area (TPSA) is 92.8 Å². The second-order valence-electron chi connectivity index (χ2n) is 17.4. The van der Waals surface area contributed by atoms with Crippen molar-refractivity contribution in [3.05, 3.63) is 285 Å². The fraction of sp³-hybridized carbons (Fsp3) is 0.0164. The van der Waals surface area contributed by atoms with Crippen LogP contribution < -0.4 is 9.80 Å². The van der Waals surface area contributed by atoms with E-state index in [1.165, 1.54) is 0 Å². The third-order valence-corrected chi connectivity index (χ3v) is 13.6. The zero-order valence-corrected chi connectivity index (χ0v) is 37.0. The van der Waals surface area contributed by atoms with E-state index in [0.717, 1.165) is 101 Å². The van der Waals surface area contributed by atoms with E-state index in [1.807, 2.05) is 84.9 Å². The van der Waals surface area contributed by atoms with Crippen molar-refractivity contribution in [3.63, 3.8) is 0 Å². The van der Waals surface area contributed by atoms with Crippen molar-refractivity contribution in [1.82, 2.24) is 0 Å². The van der Waals surface area contributed by atoms with Crippen molar-refractivity contribution < 1.29 is 9.85 Å². The van der Waals surface area contributed by atoms with Gasteiger partial charge in [0.1, 0.15) is 0 Å². The normalized spacial score (nSPS) is 12.4. The highest BCUT2D eigenvalue weighted by molar-refractivity contribution is 5.98. The van der Waals surface area contributed by atoms with E-state index in [-0.39, 0.29) is 21.2 Å². The molecule has 0 amide bonds. The van der Waals surface area contributed by atoms with Crippen molar-refractivity contribution in [2.24, 2.45) is 0 Å². The van der Waals surface area contributed by atoms with Crippen LogP contribution >= 0.6 is 0 Å². The Morgan fingerprint density at radius 1 is 0.290 bits per heavy atom. The molecule has 0 saturated heterocycles. The van der Waals surface area contributed by atoms with E-state index >= 15 is 0 Å². The molecule has 12 rings (SSSR count). The Morgan fingerprint density at radius 3 is 0.855 bits per heavy atom. The molecule has 0 atom stereocenters. The van der Waals surface area contributed by atoms with Crippen LogP contribution in [0.1, 0.15) is 22.3 Å². The summed E-state index contributed by atoms with van der Waals surface area (Å²) in [5, 5.41) is 25.2. The van der Waals surface area contributed by atoms with Crippen molar-refractivity contribution >= 4 is 45.5 Å². The molecule has 328 valence electrons. The van der Waals surface area contributed by atoms with E-state index < -0.39 is 5.41 Å². The van der Waals surface area contributed by atoms with Gasteiger partial charge in [-0.3, -0.25) is 20.2 Å². The van der Waals surface area contributed by atoms with Gasteiger partial charge in [0, 0.05) is 58.4 Å². The average Bonchev–Trinajstić information content (AvgIpc) is 3.86. The largest absolute Gasteiger partial charge is 0.311 e. The van der Waals surface area contributed by atoms with Gasteiger partial charge >= 0.3 is 0 Å². The van der Waals surface area contributed by atoms with Crippen molar-refractivity contribution in [3.8, 4) is 44.5 Å². The van der Waals surface area contributed by atoms with Gasteiger partial charge < -0.3 is 9.80 Å². The van der Waals surface area contributed by atoms with Gasteiger partial charge in [-0.1, -0.05) is 121 Å². The van der Waals surface area contributed by atoms with Crippen molar-refractivity contribution in [2.45, 2.75) is 5.41 Å². The summed E-state index contributed by atoms with van der Waals surface area (Å²) in [5.74, 6) is 0. The second-order valence-corrected chi connectivity index (χ2v) is 17.4. The monoisotopic (exact) mass is 892 g/mol. The van der Waals surface area contributed by atoms with Crippen LogP contribution in [0.25, 0.3) is 44.5 Å². The third-order valence-electron chi connectivity index (χ3n) is 13.6. The smallest absolute Gasteiger partial charge is 0.269 e. The number of benzene rings is 10. The third kappa shape index (κ3) is 6.76. The van der Waals surface area contributed by atoms with Gasteiger partial charge in [0.05, 0.1) is 15.3 Å². The van der Waals surface area contributed by atoms with E-state index in [9.17, 15) is 20.2 Å². The number of hydrogen-bond donors (Lipinski definition) is 0. The number of nitro groups is 2. The molecular weight excluding hydrogens is 853 g/mol. The second kappa shape index (κ2) is 16.5. The van der Waals surface area contributed by atoms with E-state index in [1.54, 1.807) is 24.3 Å². The Bertz CT molecular complexity index is 3280. The Hall–Kier alpha value is -9.40. The Kier molecular flexibility index (Phi) is 9.81. The van der Waals surface area contributed by atoms with Crippen molar-refractivity contribution in [2.75, 3.05) is 9.80 Å². The van der Waals surface area contributed by atoms with Crippen LogP contribution in [0, 0.1) is 20.2 Å². The number of hydrogen-bond acceptors (Lipinski definition) is 6. The van der Waals surface area contributed by atoms with Crippen LogP contribution in [0.15, 0.2) is 243 Å². The standard InChI is InChI=1S/C61H40N4O4/c66-64(67)51-31-35-55-53-33-25-43(41-21-27-49(28-22-41)62(45-13-5-1-6-14-45)46-15-7-2-8-16-46)37-57(53)61(59(55)39-51)58-38-44(26-34-54(58)56-36-32-52(65(68)69)40-60(56)61)42-23-29-50(30-24-42)63(47-17-9-3-10-18-47)48-19-11-4-12-20-48/h1-40H. The number of nitrogens with zero attached hydrogens (tertiary/aromatic N) is 4. The molecule has 2 aliphatic rings. The van der Waals surface area contributed by atoms with E-state index in [2.05, 4.69) is 143 Å². The summed E-state index contributed by atoms with van der Waals surface area (Å²) in [6.07, 6.45) is 0. The first-order valence-electron chi connectivity index (χ1n) is 22.8. The predicted octanol–water partition coefficient (Wildman–Crippen LogP) is 16.1. The molecule has 2 aliphatic carbocycles. The highest BCUT2D eigenvalue weighted by Crippen LogP contribution is 2.64. The quantitative estimate of drug-likeness (QED) is 0.100. The van der Waals surface area contributed by atoms with Crippen LogP contribution in [-0.2, 0) is 5.41 Å². The molecule has 0 aliphatic heterocycles. The first kappa shape index (κ1) is 41.1. The van der Waals surface area contributed by atoms with Crippen LogP contribution in [-0.4, -0.2) is 9.85 Å². The molecule has 0 unspecified atom stereocenters. The van der Waals surface area contributed by atoms with Crippen molar-refractivity contribution in [1.29, 1.82) is 0 Å². The summed E-state index contributed by atoms with van der Waals surface area (Å²) < 4.78 is 0. The lowest BCUT2D eigenvalue weighted by Gasteiger charge is -2.31. The minimum absolute atomic E-state index is 0.0494. The van der Waals surface area contributed by atoms with E-state index in [4.69, 9.17) is 0 Å². The number of rotatable bonds is 10. The molecule has 8 nitrogen and oxygen atoms in total. The molecule has 0 fully saturated rings. The molecule has 1 spiro atoms. The van der Waals surface area contributed by atoms with Gasteiger partial charge in [-0.2, -0.15) is 0 Å². The zero-order chi connectivity index (χ0) is 46.6. The van der Waals surface area contributed by atoms with Crippen LogP contribution in [0.5, 0.6) is 0 Å². The van der Waals surface area contributed by atoms with Gasteiger partial charge in [0.2, 0.25) is 0 Å². The Morgan fingerprint density at radius 2 is 0.551 bits per heavy atom. The van der Waals surface area contributed by atoms with Gasteiger partial charge in [-0.05, 0) is 164 Å². The highest BCUT2D eigenvalue weighted by atomic mass is 16.6. The zero-order valence-electron chi connectivity index (χ0n) is 37.0. The Labute approximate surface area is 398 Å². The molecule has 0 aromatic heterocycles. The lowest BCUT2D eigenvalue weighted by atomic mass is 9.69. The summed E-state index contributed by atoms with van der Waals surface area (Å²) in [4.78, 5) is 28.9. The van der Waals surface area contributed by atoms with Gasteiger partial charge in [-0.15, -0.1) is 0 Å². The molecule has 10 aromatic rings. The lowest BCUT2D eigenvalue weighted by molar-refractivity contribution is -0.385. The summed E-state index contributed by atoms with van der Waals surface area (Å²) >= 11 is 0. The average molecular weight is 893 g/mol. The SMILES string of the molecule is O=[N+]([O-])c1ccc2c(c1)C1(c3cc(-c4ccc(N(c5ccccc5)c5ccccc5)cc4)ccc3-2)c2cc(-c3ccc(N(c4ccccc4)c4ccccc4)cc3)ccc2-c2ccc([N+](=O)[O-])cc21. The van der Waals surface area contributed by atoms with Crippen LogP contribution in [0.3, 0.4) is 0 Å². The number of non-ortho nitro benzene ring substituents is 2. The number of fused-ring (bicyclic) bond motifs is 10. The highest BCUT2D eigenvalue weighted by Gasteiger charge is 2.53. The molecule has 0 radical (unpaired) electrons. The minimum atomic E-state index is -1.13. The molecule has 10 aromatic carbocycles. The fourth-order valence-electron chi connectivity index (χ4n) is 10.6. The van der Waals surface area contributed by atoms with Gasteiger partial charge in [-0.25, -0.2) is 0 Å². The summed E-state index contributed by atoms with van der Waals surface area (Å²) in [7, 11) is 0. The molecule has 8 heteroatoms. The molecule has 0 heterocycles. The van der Waals surface area contributed by atoms with Gasteiger partial charge in [0.25, 0.3) is 11.4 Å². The number of para-hydroxylation sites is 4. The Balaban J connectivity index is 1.03. The maximum atomic E-state index is 12.6. The molecule has 0 saturated carbocycles. The summed E-state index contributed by atoms with van der Waals surface area (Å²) in [5.41, 5.74) is 15.5. The van der Waals surface area contributed by atoms with Crippen LogP contribution in [0.2, 0.25) is 0 Å². The van der Waals surface area contributed by atoms with Crippen LogP contribution in [0.4, 0.5) is 45.5 Å². The lowest BCUT2D eigenvalue weighted by Crippen LogP contribution is -2.26. The van der Waals surface area contributed by atoms with E-state index in [0.29, 0.717) is 0 Å².